The monoisotopic (exact) mass is 489 g/mol. The van der Waals surface area contributed by atoms with E-state index in [4.69, 9.17) is 0 Å². The van der Waals surface area contributed by atoms with Crippen molar-refractivity contribution in [3.63, 3.8) is 0 Å². The molecule has 0 radical (unpaired) electrons. The number of carboxylic acid groups (broad SMARTS) is 1. The van der Waals surface area contributed by atoms with Crippen molar-refractivity contribution in [2.75, 3.05) is 5.32 Å². The first kappa shape index (κ1) is 21.5. The van der Waals surface area contributed by atoms with E-state index < -0.39 is 12.0 Å². The summed E-state index contributed by atoms with van der Waals surface area (Å²) in [7, 11) is 0. The summed E-state index contributed by atoms with van der Waals surface area (Å²) in [5.41, 5.74) is 3.86. The lowest BCUT2D eigenvalue weighted by molar-refractivity contribution is -0.137. The summed E-state index contributed by atoms with van der Waals surface area (Å²) in [4.78, 5) is 28.4. The van der Waals surface area contributed by atoms with Gasteiger partial charge in [-0.3, -0.25) is 9.59 Å². The van der Waals surface area contributed by atoms with Gasteiger partial charge in [-0.25, -0.2) is 4.98 Å². The maximum absolute atomic E-state index is 12.4. The topological polar surface area (TPSA) is 84.2 Å². The number of anilines is 1. The van der Waals surface area contributed by atoms with E-state index in [9.17, 15) is 14.7 Å². The Bertz CT molecular complexity index is 1280. The van der Waals surface area contributed by atoms with Crippen molar-refractivity contribution < 1.29 is 14.7 Å². The molecule has 7 heteroatoms. The molecule has 160 valence electrons. The smallest absolute Gasteiger partial charge is 0.305 e. The molecule has 1 aromatic heterocycles. The summed E-state index contributed by atoms with van der Waals surface area (Å²) in [5, 5.41) is 12.3. The first-order chi connectivity index (χ1) is 15.5. The van der Waals surface area contributed by atoms with E-state index in [0.717, 1.165) is 26.6 Å². The molecule has 32 heavy (non-hydrogen) atoms. The van der Waals surface area contributed by atoms with Crippen molar-refractivity contribution in [2.45, 2.75) is 12.5 Å². The Morgan fingerprint density at radius 3 is 2.53 bits per heavy atom. The lowest BCUT2D eigenvalue weighted by atomic mass is 10.0. The number of benzene rings is 3. The maximum atomic E-state index is 12.4. The molecule has 0 aliphatic carbocycles. The molecule has 2 N–H and O–H groups in total. The third-order valence-corrected chi connectivity index (χ3v) is 5.56. The number of nitrogens with one attached hydrogen (secondary N) is 1. The van der Waals surface area contributed by atoms with E-state index in [1.54, 1.807) is 18.5 Å². The zero-order valence-corrected chi connectivity index (χ0v) is 18.6. The molecular formula is C25H20BrN3O3. The summed E-state index contributed by atoms with van der Waals surface area (Å²) >= 11 is 3.39. The van der Waals surface area contributed by atoms with Gasteiger partial charge in [0.1, 0.15) is 0 Å². The SMILES string of the molecule is O=C(O)CC(c1ccccc1)n1cnc2ccc(NC(=O)/C=C/c3ccc(Br)cc3)cc21. The second-order valence-electron chi connectivity index (χ2n) is 7.25. The normalized spacial score (nSPS) is 12.2. The molecule has 0 aliphatic heterocycles. The number of imidazole rings is 1. The highest BCUT2D eigenvalue weighted by atomic mass is 79.9. The molecule has 1 amide bonds. The van der Waals surface area contributed by atoms with Crippen LogP contribution in [0.15, 0.2) is 89.7 Å². The highest BCUT2D eigenvalue weighted by Gasteiger charge is 2.20. The number of aromatic nitrogens is 2. The van der Waals surface area contributed by atoms with Crippen molar-refractivity contribution in [3.8, 4) is 0 Å². The van der Waals surface area contributed by atoms with Crippen molar-refractivity contribution in [2.24, 2.45) is 0 Å². The molecule has 6 nitrogen and oxygen atoms in total. The highest BCUT2D eigenvalue weighted by molar-refractivity contribution is 9.10. The number of carbonyl (C=O) groups excluding carboxylic acids is 1. The Morgan fingerprint density at radius 2 is 1.81 bits per heavy atom. The van der Waals surface area contributed by atoms with Crippen LogP contribution in [0.4, 0.5) is 5.69 Å². The summed E-state index contributed by atoms with van der Waals surface area (Å²) in [6, 6.07) is 22.1. The number of carbonyl (C=O) groups is 2. The van der Waals surface area contributed by atoms with Crippen LogP contribution in [0, 0.1) is 0 Å². The van der Waals surface area contributed by atoms with Crippen LogP contribution in [0.1, 0.15) is 23.6 Å². The molecule has 1 atom stereocenters. The van der Waals surface area contributed by atoms with Crippen LogP contribution in [-0.2, 0) is 9.59 Å². The number of hydrogen-bond donors (Lipinski definition) is 2. The summed E-state index contributed by atoms with van der Waals surface area (Å²) < 4.78 is 2.81. The fourth-order valence-electron chi connectivity index (χ4n) is 3.50. The van der Waals surface area contributed by atoms with Crippen LogP contribution in [0.3, 0.4) is 0 Å². The predicted octanol–water partition coefficient (Wildman–Crippen LogP) is 5.51. The van der Waals surface area contributed by atoms with Gasteiger partial charge < -0.3 is 15.0 Å². The van der Waals surface area contributed by atoms with Gasteiger partial charge in [-0.1, -0.05) is 58.4 Å². The number of halogens is 1. The second kappa shape index (κ2) is 9.62. The summed E-state index contributed by atoms with van der Waals surface area (Å²) in [6.45, 7) is 0. The molecule has 1 unspecified atom stereocenters. The highest BCUT2D eigenvalue weighted by Crippen LogP contribution is 2.28. The van der Waals surface area contributed by atoms with E-state index in [0.29, 0.717) is 5.69 Å². The van der Waals surface area contributed by atoms with Crippen LogP contribution in [0.2, 0.25) is 0 Å². The van der Waals surface area contributed by atoms with Gasteiger partial charge in [0.2, 0.25) is 5.91 Å². The third kappa shape index (κ3) is 5.12. The van der Waals surface area contributed by atoms with Gasteiger partial charge in [0.05, 0.1) is 29.8 Å². The number of hydrogen-bond acceptors (Lipinski definition) is 3. The molecule has 1 heterocycles. The fraction of sp³-hybridized carbons (Fsp3) is 0.0800. The zero-order chi connectivity index (χ0) is 22.5. The first-order valence-corrected chi connectivity index (χ1v) is 10.8. The Hall–Kier alpha value is -3.71. The van der Waals surface area contributed by atoms with Crippen LogP contribution >= 0.6 is 15.9 Å². The van der Waals surface area contributed by atoms with Gasteiger partial charge in [0.15, 0.2) is 0 Å². The Morgan fingerprint density at radius 1 is 1.06 bits per heavy atom. The van der Waals surface area contributed by atoms with Gasteiger partial charge >= 0.3 is 5.97 Å². The summed E-state index contributed by atoms with van der Waals surface area (Å²) in [5.74, 6) is -1.16. The number of amides is 1. The molecule has 0 saturated heterocycles. The number of fused-ring (bicyclic) bond motifs is 1. The number of nitrogens with zero attached hydrogens (tertiary/aromatic N) is 2. The largest absolute Gasteiger partial charge is 0.481 e. The number of carboxylic acids is 1. The molecule has 0 saturated carbocycles. The van der Waals surface area contributed by atoms with Crippen molar-refractivity contribution in [1.29, 1.82) is 0 Å². The molecule has 0 fully saturated rings. The Balaban J connectivity index is 1.59. The first-order valence-electron chi connectivity index (χ1n) is 9.97. The average Bonchev–Trinajstić information content (AvgIpc) is 3.20. The van der Waals surface area contributed by atoms with Crippen LogP contribution < -0.4 is 5.32 Å². The van der Waals surface area contributed by atoms with E-state index >= 15 is 0 Å². The minimum Gasteiger partial charge on any atom is -0.481 e. The van der Waals surface area contributed by atoms with E-state index in [-0.39, 0.29) is 12.3 Å². The van der Waals surface area contributed by atoms with Crippen LogP contribution in [0.25, 0.3) is 17.1 Å². The molecule has 4 rings (SSSR count). The molecule has 4 aromatic rings. The zero-order valence-electron chi connectivity index (χ0n) is 17.0. The molecule has 0 aliphatic rings. The fourth-order valence-corrected chi connectivity index (χ4v) is 3.76. The molecule has 0 bridgehead atoms. The van der Waals surface area contributed by atoms with Gasteiger partial charge in [0, 0.05) is 16.2 Å². The van der Waals surface area contributed by atoms with Crippen molar-refractivity contribution in [3.05, 3.63) is 101 Å². The van der Waals surface area contributed by atoms with E-state index in [1.165, 1.54) is 6.08 Å². The Kier molecular flexibility index (Phi) is 6.47. The Labute approximate surface area is 193 Å². The minimum absolute atomic E-state index is 0.0814. The van der Waals surface area contributed by atoms with Gasteiger partial charge in [-0.05, 0) is 47.5 Å². The lowest BCUT2D eigenvalue weighted by Gasteiger charge is -2.18. The average molecular weight is 490 g/mol. The molecule has 0 spiro atoms. The molecular weight excluding hydrogens is 470 g/mol. The van der Waals surface area contributed by atoms with E-state index in [2.05, 4.69) is 26.2 Å². The van der Waals surface area contributed by atoms with Crippen LogP contribution in [-0.4, -0.2) is 26.5 Å². The van der Waals surface area contributed by atoms with Crippen molar-refractivity contribution in [1.82, 2.24) is 9.55 Å². The number of aliphatic carboxylic acids is 1. The number of rotatable bonds is 7. The minimum atomic E-state index is -0.900. The van der Waals surface area contributed by atoms with Crippen molar-refractivity contribution >= 4 is 50.6 Å². The third-order valence-electron chi connectivity index (χ3n) is 5.03. The molecule has 3 aromatic carbocycles. The quantitative estimate of drug-likeness (QED) is 0.335. The van der Waals surface area contributed by atoms with Gasteiger partial charge in [-0.15, -0.1) is 0 Å². The predicted molar refractivity (Wildman–Crippen MR) is 128 cm³/mol. The van der Waals surface area contributed by atoms with Gasteiger partial charge in [-0.2, -0.15) is 0 Å². The lowest BCUT2D eigenvalue weighted by Crippen LogP contribution is -2.14. The van der Waals surface area contributed by atoms with Gasteiger partial charge in [0.25, 0.3) is 0 Å². The standard InChI is InChI=1S/C25H20BrN3O3/c26-19-9-6-17(7-10-19)8-13-24(30)28-20-11-12-21-23(14-20)29(16-27-21)22(15-25(31)32)18-4-2-1-3-5-18/h1-14,16,22H,15H2,(H,28,30)(H,31,32)/b13-8+. The summed E-state index contributed by atoms with van der Waals surface area (Å²) in [6.07, 6.45) is 4.77. The van der Waals surface area contributed by atoms with Crippen LogP contribution in [0.5, 0.6) is 0 Å². The maximum Gasteiger partial charge on any atom is 0.305 e. The second-order valence-corrected chi connectivity index (χ2v) is 8.17. The van der Waals surface area contributed by atoms with E-state index in [1.807, 2.05) is 71.3 Å².